The summed E-state index contributed by atoms with van der Waals surface area (Å²) in [6.45, 7) is 0. The van der Waals surface area contributed by atoms with Crippen LogP contribution in [0.3, 0.4) is 0 Å². The Morgan fingerprint density at radius 3 is 2.54 bits per heavy atom. The maximum Gasteiger partial charge on any atom is 0.298 e. The molecule has 0 fully saturated rings. The summed E-state index contributed by atoms with van der Waals surface area (Å²) in [5, 5.41) is 34.8. The van der Waals surface area contributed by atoms with Gasteiger partial charge in [0.15, 0.2) is 11.4 Å². The Morgan fingerprint density at radius 2 is 1.88 bits per heavy atom. The lowest BCUT2D eigenvalue weighted by Crippen LogP contribution is -2.12. The van der Waals surface area contributed by atoms with Gasteiger partial charge in [-0.1, -0.05) is 18.2 Å². The molecule has 26 heavy (non-hydrogen) atoms. The molecular weight excluding hydrogens is 362 g/mol. The number of nitrogens with two attached hydrogens (primary N) is 1. The molecule has 0 saturated heterocycles. The van der Waals surface area contributed by atoms with E-state index in [-0.39, 0.29) is 17.3 Å². The standard InChI is InChI=1S/C15H13N5O5S/c1-19-12-5-3-2-4-10(12)14(15(19)21)18-17-11-7-6-9(26(16,24)25)8-13(11)20(22)23/h2-8,21H,1H3,(H2,16,24,25). The van der Waals surface area contributed by atoms with E-state index in [2.05, 4.69) is 10.2 Å². The lowest BCUT2D eigenvalue weighted by atomic mass is 10.2. The third-order valence-corrected chi connectivity index (χ3v) is 4.69. The quantitative estimate of drug-likeness (QED) is 0.408. The Hall–Kier alpha value is -3.31. The molecule has 0 amide bonds. The van der Waals surface area contributed by atoms with Gasteiger partial charge in [-0.25, -0.2) is 13.6 Å². The molecule has 0 aliphatic heterocycles. The van der Waals surface area contributed by atoms with Gasteiger partial charge in [0.25, 0.3) is 5.69 Å². The lowest BCUT2D eigenvalue weighted by Gasteiger charge is -2.00. The van der Waals surface area contributed by atoms with Crippen LogP contribution in [0.1, 0.15) is 0 Å². The van der Waals surface area contributed by atoms with Gasteiger partial charge in [-0.05, 0) is 18.2 Å². The van der Waals surface area contributed by atoms with Crippen molar-refractivity contribution in [3.05, 3.63) is 52.6 Å². The Morgan fingerprint density at radius 1 is 1.19 bits per heavy atom. The summed E-state index contributed by atoms with van der Waals surface area (Å²) in [5.74, 6) is -0.154. The number of benzene rings is 2. The van der Waals surface area contributed by atoms with E-state index < -0.39 is 25.5 Å². The van der Waals surface area contributed by atoms with Crippen molar-refractivity contribution < 1.29 is 18.4 Å². The zero-order valence-corrected chi connectivity index (χ0v) is 14.2. The van der Waals surface area contributed by atoms with Crippen LogP contribution in [0.2, 0.25) is 0 Å². The Labute approximate surface area is 147 Å². The third-order valence-electron chi connectivity index (χ3n) is 3.78. The Kier molecular flexibility index (Phi) is 4.18. The van der Waals surface area contributed by atoms with E-state index in [4.69, 9.17) is 5.14 Å². The van der Waals surface area contributed by atoms with Crippen molar-refractivity contribution in [3.8, 4) is 5.88 Å². The van der Waals surface area contributed by atoms with Gasteiger partial charge >= 0.3 is 0 Å². The Bertz CT molecular complexity index is 1170. The molecule has 0 saturated carbocycles. The van der Waals surface area contributed by atoms with E-state index in [1.807, 2.05) is 0 Å². The average molecular weight is 375 g/mol. The highest BCUT2D eigenvalue weighted by Crippen LogP contribution is 2.39. The summed E-state index contributed by atoms with van der Waals surface area (Å²) >= 11 is 0. The first-order valence-electron chi connectivity index (χ1n) is 7.19. The first-order valence-corrected chi connectivity index (χ1v) is 8.74. The van der Waals surface area contributed by atoms with Crippen molar-refractivity contribution in [1.29, 1.82) is 0 Å². The Balaban J connectivity index is 2.13. The van der Waals surface area contributed by atoms with Crippen molar-refractivity contribution in [1.82, 2.24) is 4.57 Å². The summed E-state index contributed by atoms with van der Waals surface area (Å²) in [6, 6.07) is 10.1. The number of aromatic hydroxyl groups is 1. The highest BCUT2D eigenvalue weighted by Gasteiger charge is 2.20. The second-order valence-electron chi connectivity index (χ2n) is 5.40. The number of aromatic nitrogens is 1. The van der Waals surface area contributed by atoms with Crippen molar-refractivity contribution in [3.63, 3.8) is 0 Å². The zero-order chi connectivity index (χ0) is 19.1. The van der Waals surface area contributed by atoms with Crippen LogP contribution in [0.15, 0.2) is 57.6 Å². The second kappa shape index (κ2) is 6.20. The van der Waals surface area contributed by atoms with Gasteiger partial charge < -0.3 is 9.67 Å². The molecule has 1 aromatic heterocycles. The minimum atomic E-state index is -4.09. The number of rotatable bonds is 4. The van der Waals surface area contributed by atoms with Gasteiger partial charge in [-0.15, -0.1) is 10.2 Å². The molecule has 0 unspecified atom stereocenters. The van der Waals surface area contributed by atoms with Crippen molar-refractivity contribution in [2.24, 2.45) is 22.4 Å². The van der Waals surface area contributed by atoms with E-state index in [0.29, 0.717) is 10.9 Å². The third kappa shape index (κ3) is 3.00. The number of fused-ring (bicyclic) bond motifs is 1. The predicted molar refractivity (Wildman–Crippen MR) is 93.2 cm³/mol. The molecule has 0 atom stereocenters. The maximum absolute atomic E-state index is 11.4. The molecule has 134 valence electrons. The van der Waals surface area contributed by atoms with E-state index in [0.717, 1.165) is 18.2 Å². The van der Waals surface area contributed by atoms with Crippen LogP contribution >= 0.6 is 0 Å². The summed E-state index contributed by atoms with van der Waals surface area (Å²) in [4.78, 5) is 10.0. The van der Waals surface area contributed by atoms with Crippen molar-refractivity contribution in [2.45, 2.75) is 4.90 Å². The molecule has 0 bridgehead atoms. The normalized spacial score (nSPS) is 12.1. The van der Waals surface area contributed by atoms with Crippen LogP contribution in [0.5, 0.6) is 5.88 Å². The van der Waals surface area contributed by atoms with Crippen LogP contribution in [-0.4, -0.2) is 23.0 Å². The molecule has 10 nitrogen and oxygen atoms in total. The van der Waals surface area contributed by atoms with Gasteiger partial charge in [0.05, 0.1) is 15.3 Å². The predicted octanol–water partition coefficient (Wildman–Crippen LogP) is 2.85. The van der Waals surface area contributed by atoms with E-state index >= 15 is 0 Å². The monoisotopic (exact) mass is 375 g/mol. The fraction of sp³-hybridized carbons (Fsp3) is 0.0667. The lowest BCUT2D eigenvalue weighted by molar-refractivity contribution is -0.384. The number of hydrogen-bond acceptors (Lipinski definition) is 7. The van der Waals surface area contributed by atoms with Crippen LogP contribution in [0.4, 0.5) is 17.1 Å². The number of azo groups is 1. The molecule has 0 spiro atoms. The largest absolute Gasteiger partial charge is 0.493 e. The molecular formula is C15H13N5O5S. The molecule has 0 radical (unpaired) electrons. The molecule has 0 aliphatic rings. The number of nitro groups is 1. The summed E-state index contributed by atoms with van der Waals surface area (Å²) < 4.78 is 24.2. The number of sulfonamides is 1. The molecule has 3 N–H and O–H groups in total. The first-order chi connectivity index (χ1) is 12.2. The number of aryl methyl sites for hydroxylation is 1. The van der Waals surface area contributed by atoms with Crippen LogP contribution in [0, 0.1) is 10.1 Å². The minimum absolute atomic E-state index is 0.146. The van der Waals surface area contributed by atoms with Crippen molar-refractivity contribution >= 4 is 38.0 Å². The average Bonchev–Trinajstić information content (AvgIpc) is 2.83. The molecule has 2 aromatic carbocycles. The van der Waals surface area contributed by atoms with Gasteiger partial charge in [0.2, 0.25) is 15.9 Å². The van der Waals surface area contributed by atoms with Gasteiger partial charge in [-0.2, -0.15) is 0 Å². The summed E-state index contributed by atoms with van der Waals surface area (Å²) in [7, 11) is -2.46. The molecule has 3 rings (SSSR count). The van der Waals surface area contributed by atoms with Crippen molar-refractivity contribution in [2.75, 3.05) is 0 Å². The highest BCUT2D eigenvalue weighted by atomic mass is 32.2. The van der Waals surface area contributed by atoms with Gasteiger partial charge in [0, 0.05) is 18.5 Å². The number of nitrogens with zero attached hydrogens (tertiary/aromatic N) is 4. The fourth-order valence-corrected chi connectivity index (χ4v) is 3.01. The second-order valence-corrected chi connectivity index (χ2v) is 6.96. The zero-order valence-electron chi connectivity index (χ0n) is 13.4. The minimum Gasteiger partial charge on any atom is -0.493 e. The number of para-hydroxylation sites is 1. The van der Waals surface area contributed by atoms with E-state index in [1.54, 1.807) is 31.3 Å². The van der Waals surface area contributed by atoms with E-state index in [1.165, 1.54) is 4.57 Å². The molecule has 1 heterocycles. The molecule has 11 heteroatoms. The molecule has 0 aliphatic carbocycles. The maximum atomic E-state index is 11.4. The SMILES string of the molecule is Cn1c(O)c(N=Nc2ccc(S(N)(=O)=O)cc2[N+](=O)[O-])c2ccccc21. The van der Waals surface area contributed by atoms with E-state index in [9.17, 15) is 23.6 Å². The van der Waals surface area contributed by atoms with Crippen LogP contribution < -0.4 is 5.14 Å². The fourth-order valence-electron chi connectivity index (χ4n) is 2.47. The van der Waals surface area contributed by atoms with Gasteiger partial charge in [-0.3, -0.25) is 10.1 Å². The number of hydrogen-bond donors (Lipinski definition) is 2. The first kappa shape index (κ1) is 17.5. The summed E-state index contributed by atoms with van der Waals surface area (Å²) in [6.07, 6.45) is 0. The van der Waals surface area contributed by atoms with Crippen LogP contribution in [0.25, 0.3) is 10.9 Å². The topological polar surface area (TPSA) is 153 Å². The smallest absolute Gasteiger partial charge is 0.298 e. The van der Waals surface area contributed by atoms with Gasteiger partial charge in [0.1, 0.15) is 0 Å². The number of primary sulfonamides is 1. The van der Waals surface area contributed by atoms with Crippen LogP contribution in [-0.2, 0) is 17.1 Å². The number of nitro benzene ring substituents is 1. The summed E-state index contributed by atoms with van der Waals surface area (Å²) in [5.41, 5.74) is 0.112. The highest BCUT2D eigenvalue weighted by molar-refractivity contribution is 7.89. The molecule has 3 aromatic rings.